The van der Waals surface area contributed by atoms with Gasteiger partial charge in [0.2, 0.25) is 0 Å². The third-order valence-electron chi connectivity index (χ3n) is 4.73. The van der Waals surface area contributed by atoms with Crippen LogP contribution in [-0.4, -0.2) is 42.4 Å². The normalized spacial score (nSPS) is 15.5. The molecule has 3 N–H and O–H groups in total. The van der Waals surface area contributed by atoms with Crippen LogP contribution in [0.5, 0.6) is 0 Å². The molecule has 29 heavy (non-hydrogen) atoms. The number of nitrogens with zero attached hydrogens (tertiary/aromatic N) is 3. The maximum Gasteiger partial charge on any atom is 0.184 e. The largest absolute Gasteiger partial charge is 0.375 e. The average molecular weight is 438 g/mol. The summed E-state index contributed by atoms with van der Waals surface area (Å²) < 4.78 is 28.7. The smallest absolute Gasteiger partial charge is 0.184 e. The third kappa shape index (κ3) is 5.85. The van der Waals surface area contributed by atoms with Gasteiger partial charge in [0.25, 0.3) is 0 Å². The summed E-state index contributed by atoms with van der Waals surface area (Å²) in [7, 11) is 0. The van der Waals surface area contributed by atoms with Gasteiger partial charge < -0.3 is 10.6 Å². The van der Waals surface area contributed by atoms with Crippen LogP contribution in [0.4, 0.5) is 14.5 Å². The number of nitrogens with one attached hydrogen (secondary N) is 1. The highest BCUT2D eigenvalue weighted by Crippen LogP contribution is 2.24. The van der Waals surface area contributed by atoms with Gasteiger partial charge in [-0.2, -0.15) is 5.10 Å². The van der Waals surface area contributed by atoms with Crippen molar-refractivity contribution in [2.45, 2.75) is 13.0 Å². The number of hydrogen-bond acceptors (Lipinski definition) is 4. The first kappa shape index (κ1) is 21.4. The van der Waals surface area contributed by atoms with Crippen LogP contribution in [0.25, 0.3) is 0 Å². The zero-order valence-electron chi connectivity index (χ0n) is 15.7. The Hall–Kier alpha value is -2.29. The molecule has 0 spiro atoms. The Morgan fingerprint density at radius 2 is 2.00 bits per heavy atom. The van der Waals surface area contributed by atoms with Crippen LogP contribution in [0.1, 0.15) is 17.5 Å². The van der Waals surface area contributed by atoms with Gasteiger partial charge in [0.05, 0.1) is 11.9 Å². The molecule has 3 rings (SSSR count). The number of halogens is 3. The monoisotopic (exact) mass is 437 g/mol. The van der Waals surface area contributed by atoms with Crippen molar-refractivity contribution in [3.05, 3.63) is 64.2 Å². The number of hydrazone groups is 1. The Kier molecular flexibility index (Phi) is 7.35. The van der Waals surface area contributed by atoms with E-state index < -0.39 is 0 Å². The lowest BCUT2D eigenvalue weighted by Gasteiger charge is -2.24. The first-order valence-corrected chi connectivity index (χ1v) is 10.0. The van der Waals surface area contributed by atoms with Crippen LogP contribution in [0.3, 0.4) is 0 Å². The molecule has 5 nitrogen and oxygen atoms in total. The van der Waals surface area contributed by atoms with Crippen molar-refractivity contribution in [3.8, 4) is 0 Å². The Labute approximate surface area is 179 Å². The molecular weight excluding hydrogens is 416 g/mol. The van der Waals surface area contributed by atoms with Gasteiger partial charge in [-0.05, 0) is 48.5 Å². The van der Waals surface area contributed by atoms with Crippen molar-refractivity contribution in [3.63, 3.8) is 0 Å². The molecule has 0 atom stereocenters. The first-order chi connectivity index (χ1) is 13.9. The van der Waals surface area contributed by atoms with E-state index in [-0.39, 0.29) is 16.7 Å². The second kappa shape index (κ2) is 9.96. The predicted octanol–water partition coefficient (Wildman–Crippen LogP) is 3.50. The minimum Gasteiger partial charge on any atom is -0.375 e. The molecule has 0 saturated carbocycles. The first-order valence-electron chi connectivity index (χ1n) is 9.22. The fourth-order valence-corrected chi connectivity index (χ4v) is 3.58. The summed E-state index contributed by atoms with van der Waals surface area (Å²) in [4.78, 5) is 4.15. The quantitative estimate of drug-likeness (QED) is 0.426. The summed E-state index contributed by atoms with van der Waals surface area (Å²) in [6.07, 6.45) is 2.29. The van der Waals surface area contributed by atoms with E-state index in [4.69, 9.17) is 17.3 Å². The van der Waals surface area contributed by atoms with Gasteiger partial charge in [-0.25, -0.2) is 8.78 Å². The Balaban J connectivity index is 1.64. The average Bonchev–Trinajstić information content (AvgIpc) is 2.90. The van der Waals surface area contributed by atoms with E-state index in [1.54, 1.807) is 24.3 Å². The molecule has 0 radical (unpaired) electrons. The molecule has 0 amide bonds. The number of nitrogens with two attached hydrogens (primary N) is 1. The second-order valence-corrected chi connectivity index (χ2v) is 7.61. The Morgan fingerprint density at radius 1 is 1.17 bits per heavy atom. The molecule has 1 aliphatic heterocycles. The maximum atomic E-state index is 14.6. The molecule has 0 aliphatic carbocycles. The molecule has 2 aromatic carbocycles. The molecule has 1 saturated heterocycles. The fraction of sp³-hybridized carbons (Fsp3) is 0.300. The topological polar surface area (TPSA) is 56.9 Å². The van der Waals surface area contributed by atoms with Crippen LogP contribution >= 0.6 is 23.8 Å². The van der Waals surface area contributed by atoms with Crippen LogP contribution in [0.15, 0.2) is 41.5 Å². The summed E-state index contributed by atoms with van der Waals surface area (Å²) in [5.74, 6) is -0.623. The predicted molar refractivity (Wildman–Crippen MR) is 117 cm³/mol. The number of hydrogen-bond donors (Lipinski definition) is 2. The highest BCUT2D eigenvalue weighted by molar-refractivity contribution is 7.80. The van der Waals surface area contributed by atoms with Gasteiger partial charge in [-0.15, -0.1) is 0 Å². The zero-order valence-corrected chi connectivity index (χ0v) is 17.3. The van der Waals surface area contributed by atoms with Crippen molar-refractivity contribution in [2.75, 3.05) is 31.1 Å². The van der Waals surface area contributed by atoms with E-state index in [2.05, 4.69) is 27.6 Å². The van der Waals surface area contributed by atoms with E-state index in [0.29, 0.717) is 41.5 Å². The number of benzene rings is 2. The van der Waals surface area contributed by atoms with Crippen LogP contribution in [-0.2, 0) is 6.54 Å². The lowest BCUT2D eigenvalue weighted by atomic mass is 10.2. The molecule has 9 heteroatoms. The third-order valence-corrected chi connectivity index (χ3v) is 5.18. The SMILES string of the molecule is NC(=S)NN=Cc1ccc(N2CCCN(Cc3c(F)cccc3Cl)CC2)c(F)c1. The van der Waals surface area contributed by atoms with Gasteiger partial charge in [-0.1, -0.05) is 23.7 Å². The van der Waals surface area contributed by atoms with E-state index in [0.717, 1.165) is 19.5 Å². The van der Waals surface area contributed by atoms with Gasteiger partial charge >= 0.3 is 0 Å². The Morgan fingerprint density at radius 3 is 2.72 bits per heavy atom. The lowest BCUT2D eigenvalue weighted by molar-refractivity contribution is 0.281. The minimum absolute atomic E-state index is 0.0455. The van der Waals surface area contributed by atoms with E-state index in [9.17, 15) is 8.78 Å². The highest BCUT2D eigenvalue weighted by atomic mass is 35.5. The zero-order chi connectivity index (χ0) is 20.8. The van der Waals surface area contributed by atoms with Crippen molar-refractivity contribution < 1.29 is 8.78 Å². The molecule has 1 heterocycles. The number of rotatable bonds is 5. The van der Waals surface area contributed by atoms with Crippen LogP contribution in [0, 0.1) is 11.6 Å². The summed E-state index contributed by atoms with van der Waals surface area (Å²) in [5, 5.41) is 4.31. The van der Waals surface area contributed by atoms with Crippen molar-refractivity contribution in [1.29, 1.82) is 0 Å². The van der Waals surface area contributed by atoms with Gasteiger partial charge in [-0.3, -0.25) is 10.3 Å². The van der Waals surface area contributed by atoms with Crippen molar-refractivity contribution in [1.82, 2.24) is 10.3 Å². The van der Waals surface area contributed by atoms with Crippen molar-refractivity contribution in [2.24, 2.45) is 10.8 Å². The summed E-state index contributed by atoms with van der Waals surface area (Å²) >= 11 is 10.8. The van der Waals surface area contributed by atoms with E-state index >= 15 is 0 Å². The number of thiocarbonyl (C=S) groups is 1. The highest BCUT2D eigenvalue weighted by Gasteiger charge is 2.19. The molecule has 0 unspecified atom stereocenters. The Bertz CT molecular complexity index is 888. The second-order valence-electron chi connectivity index (χ2n) is 6.76. The van der Waals surface area contributed by atoms with Crippen LogP contribution < -0.4 is 16.1 Å². The van der Waals surface area contributed by atoms with E-state index in [1.165, 1.54) is 18.3 Å². The van der Waals surface area contributed by atoms with Gasteiger partial charge in [0.1, 0.15) is 11.6 Å². The standard InChI is InChI=1S/C20H22ClF2N5S/c21-16-3-1-4-17(22)15(16)13-27-7-2-8-28(10-9-27)19-6-5-14(11-18(19)23)12-25-26-20(24)29/h1,3-6,11-12H,2,7-10,13H2,(H3,24,26,29). The summed E-state index contributed by atoms with van der Waals surface area (Å²) in [6, 6.07) is 9.65. The molecular formula is C20H22ClF2N5S. The lowest BCUT2D eigenvalue weighted by Crippen LogP contribution is -2.31. The minimum atomic E-state index is -0.324. The maximum absolute atomic E-state index is 14.6. The number of anilines is 1. The fourth-order valence-electron chi connectivity index (χ4n) is 3.31. The van der Waals surface area contributed by atoms with E-state index in [1.807, 2.05) is 4.90 Å². The van der Waals surface area contributed by atoms with Crippen molar-refractivity contribution >= 4 is 40.8 Å². The van der Waals surface area contributed by atoms with Crippen LogP contribution in [0.2, 0.25) is 5.02 Å². The molecule has 0 aromatic heterocycles. The summed E-state index contributed by atoms with van der Waals surface area (Å²) in [6.45, 7) is 3.27. The molecule has 1 fully saturated rings. The molecule has 154 valence electrons. The molecule has 1 aliphatic rings. The summed E-state index contributed by atoms with van der Waals surface area (Å²) in [5.41, 5.74) is 9.37. The molecule has 0 bridgehead atoms. The van der Waals surface area contributed by atoms with Gasteiger partial charge in [0.15, 0.2) is 5.11 Å². The molecule has 2 aromatic rings. The van der Waals surface area contributed by atoms with Gasteiger partial charge in [0, 0.05) is 43.3 Å².